The number of fused-ring (bicyclic) bond motifs is 3. The summed E-state index contributed by atoms with van der Waals surface area (Å²) in [6, 6.07) is 45.8. The van der Waals surface area contributed by atoms with E-state index in [-0.39, 0.29) is 5.41 Å². The van der Waals surface area contributed by atoms with Crippen LogP contribution in [0.1, 0.15) is 37.2 Å². The molecule has 6 aromatic rings. The molecule has 0 bridgehead atoms. The minimum Gasteiger partial charge on any atom is -0.228 e. The van der Waals surface area contributed by atoms with E-state index in [0.29, 0.717) is 0 Å². The molecule has 46 heavy (non-hydrogen) atoms. The van der Waals surface area contributed by atoms with E-state index >= 15 is 0 Å². The molecule has 2 aliphatic rings. The molecule has 5 aromatic carbocycles. The fourth-order valence-electron chi connectivity index (χ4n) is 6.90. The van der Waals surface area contributed by atoms with Crippen LogP contribution >= 0.6 is 0 Å². The van der Waals surface area contributed by atoms with Crippen molar-refractivity contribution in [3.05, 3.63) is 175 Å². The lowest BCUT2D eigenvalue weighted by Crippen LogP contribution is -2.14. The quantitative estimate of drug-likeness (QED) is 0.200. The van der Waals surface area contributed by atoms with E-state index in [2.05, 4.69) is 166 Å². The van der Waals surface area contributed by atoms with E-state index in [1.54, 1.807) is 0 Å². The van der Waals surface area contributed by atoms with Gasteiger partial charge < -0.3 is 0 Å². The van der Waals surface area contributed by atoms with Crippen LogP contribution in [0.25, 0.3) is 61.5 Å². The number of aromatic nitrogens is 2. The standard InChI is InChI=1S/C44H34N2/c1-44(2)38-22-11-10-20-37(38)42-36(21-13-23-39(42)44)35-19-12-18-34(28-35)30-24-26-32(27-25-30)41-29-40(31-14-8-5-9-15-31)45-43(46-41)33-16-6-3-4-7-17-33/h3,5-29H,4H2,1-2H3. The molecule has 0 aliphatic heterocycles. The van der Waals surface area contributed by atoms with Crippen molar-refractivity contribution in [1.29, 1.82) is 0 Å². The molecule has 0 saturated carbocycles. The van der Waals surface area contributed by atoms with Crippen LogP contribution in [-0.4, -0.2) is 9.97 Å². The highest BCUT2D eigenvalue weighted by molar-refractivity contribution is 5.93. The van der Waals surface area contributed by atoms with Gasteiger partial charge in [0.1, 0.15) is 0 Å². The zero-order chi connectivity index (χ0) is 31.1. The lowest BCUT2D eigenvalue weighted by Gasteiger charge is -2.21. The third-order valence-electron chi connectivity index (χ3n) is 9.33. The Labute approximate surface area is 271 Å². The molecule has 0 saturated heterocycles. The SMILES string of the molecule is CC1(C)c2ccccc2-c2c(-c3cccc(-c4ccc(-c5cc(-c6ccccc6)nc(C6=CC=CCC=C6)n5)cc4)c3)cccc21. The Balaban J connectivity index is 1.17. The fraction of sp³-hybridized carbons (Fsp3) is 0.0909. The summed E-state index contributed by atoms with van der Waals surface area (Å²) >= 11 is 0. The van der Waals surface area contributed by atoms with Crippen LogP contribution in [0.4, 0.5) is 0 Å². The second kappa shape index (κ2) is 11.4. The molecule has 1 aromatic heterocycles. The van der Waals surface area contributed by atoms with Crippen LogP contribution in [-0.2, 0) is 5.41 Å². The summed E-state index contributed by atoms with van der Waals surface area (Å²) in [6.45, 7) is 4.67. The Bertz CT molecular complexity index is 2180. The van der Waals surface area contributed by atoms with Gasteiger partial charge in [-0.15, -0.1) is 0 Å². The van der Waals surface area contributed by atoms with Gasteiger partial charge in [0.2, 0.25) is 0 Å². The predicted octanol–water partition coefficient (Wildman–Crippen LogP) is 11.4. The van der Waals surface area contributed by atoms with Crippen molar-refractivity contribution >= 4 is 5.57 Å². The Morgan fingerprint density at radius 2 is 1.15 bits per heavy atom. The summed E-state index contributed by atoms with van der Waals surface area (Å²) in [5.41, 5.74) is 15.4. The number of allylic oxidation sites excluding steroid dienone is 6. The molecule has 0 N–H and O–H groups in total. The van der Waals surface area contributed by atoms with Gasteiger partial charge in [-0.2, -0.15) is 0 Å². The van der Waals surface area contributed by atoms with E-state index in [9.17, 15) is 0 Å². The second-order valence-corrected chi connectivity index (χ2v) is 12.6. The topological polar surface area (TPSA) is 25.8 Å². The third kappa shape index (κ3) is 4.93. The Morgan fingerprint density at radius 3 is 1.98 bits per heavy atom. The van der Waals surface area contributed by atoms with E-state index < -0.39 is 0 Å². The molecule has 0 spiro atoms. The highest BCUT2D eigenvalue weighted by Gasteiger charge is 2.36. The number of rotatable bonds is 5. The average molecular weight is 591 g/mol. The maximum absolute atomic E-state index is 5.05. The van der Waals surface area contributed by atoms with Gasteiger partial charge >= 0.3 is 0 Å². The van der Waals surface area contributed by atoms with Crippen LogP contribution in [0, 0.1) is 0 Å². The van der Waals surface area contributed by atoms with Gasteiger partial charge in [-0.1, -0.05) is 159 Å². The van der Waals surface area contributed by atoms with Crippen molar-refractivity contribution in [3.63, 3.8) is 0 Å². The van der Waals surface area contributed by atoms with Crippen LogP contribution in [0.5, 0.6) is 0 Å². The maximum Gasteiger partial charge on any atom is 0.160 e. The minimum absolute atomic E-state index is 0.0175. The molecule has 2 aliphatic carbocycles. The van der Waals surface area contributed by atoms with Crippen molar-refractivity contribution in [1.82, 2.24) is 9.97 Å². The van der Waals surface area contributed by atoms with Crippen LogP contribution in [0.15, 0.2) is 158 Å². The first-order chi connectivity index (χ1) is 22.6. The Kier molecular flexibility index (Phi) is 6.92. The minimum atomic E-state index is -0.0175. The molecule has 2 nitrogen and oxygen atoms in total. The van der Waals surface area contributed by atoms with Crippen molar-refractivity contribution in [2.45, 2.75) is 25.7 Å². The van der Waals surface area contributed by atoms with Crippen molar-refractivity contribution in [2.75, 3.05) is 0 Å². The number of hydrogen-bond acceptors (Lipinski definition) is 2. The van der Waals surface area contributed by atoms with Gasteiger partial charge in [0.15, 0.2) is 5.82 Å². The Morgan fingerprint density at radius 1 is 0.522 bits per heavy atom. The van der Waals surface area contributed by atoms with E-state index in [1.165, 1.54) is 44.5 Å². The molecule has 220 valence electrons. The van der Waals surface area contributed by atoms with Crippen LogP contribution < -0.4 is 0 Å². The lowest BCUT2D eigenvalue weighted by atomic mass is 9.82. The lowest BCUT2D eigenvalue weighted by molar-refractivity contribution is 0.660. The van der Waals surface area contributed by atoms with Gasteiger partial charge in [0.25, 0.3) is 0 Å². The first-order valence-electron chi connectivity index (χ1n) is 16.0. The third-order valence-corrected chi connectivity index (χ3v) is 9.33. The number of nitrogens with zero attached hydrogens (tertiary/aromatic N) is 2. The Hall–Kier alpha value is -5.60. The zero-order valence-corrected chi connectivity index (χ0v) is 26.1. The van der Waals surface area contributed by atoms with Crippen molar-refractivity contribution in [3.8, 4) is 55.9 Å². The van der Waals surface area contributed by atoms with E-state index in [1.807, 2.05) is 6.07 Å². The summed E-state index contributed by atoms with van der Waals surface area (Å²) in [6.07, 6.45) is 11.5. The molecule has 1 heterocycles. The molecule has 0 atom stereocenters. The summed E-state index contributed by atoms with van der Waals surface area (Å²) in [5, 5.41) is 0. The largest absolute Gasteiger partial charge is 0.228 e. The second-order valence-electron chi connectivity index (χ2n) is 12.6. The number of hydrogen-bond donors (Lipinski definition) is 0. The van der Waals surface area contributed by atoms with Gasteiger partial charge in [0, 0.05) is 22.1 Å². The summed E-state index contributed by atoms with van der Waals surface area (Å²) in [5.74, 6) is 0.732. The van der Waals surface area contributed by atoms with Crippen LogP contribution in [0.2, 0.25) is 0 Å². The van der Waals surface area contributed by atoms with Gasteiger partial charge in [0.05, 0.1) is 11.4 Å². The van der Waals surface area contributed by atoms with E-state index in [0.717, 1.165) is 40.3 Å². The normalized spacial score (nSPS) is 14.3. The summed E-state index contributed by atoms with van der Waals surface area (Å²) in [7, 11) is 0. The highest BCUT2D eigenvalue weighted by Crippen LogP contribution is 2.52. The van der Waals surface area contributed by atoms with Crippen LogP contribution in [0.3, 0.4) is 0 Å². The monoisotopic (exact) mass is 590 g/mol. The van der Waals surface area contributed by atoms with E-state index in [4.69, 9.17) is 9.97 Å². The molecule has 8 rings (SSSR count). The molecular formula is C44H34N2. The maximum atomic E-state index is 5.05. The zero-order valence-electron chi connectivity index (χ0n) is 26.1. The molecule has 0 fully saturated rings. The smallest absolute Gasteiger partial charge is 0.160 e. The molecule has 2 heteroatoms. The van der Waals surface area contributed by atoms with Crippen molar-refractivity contribution < 1.29 is 0 Å². The number of benzene rings is 5. The van der Waals surface area contributed by atoms with Gasteiger partial charge in [-0.3, -0.25) is 0 Å². The molecule has 0 radical (unpaired) electrons. The average Bonchev–Trinajstić information content (AvgIpc) is 3.27. The predicted molar refractivity (Wildman–Crippen MR) is 192 cm³/mol. The fourth-order valence-corrected chi connectivity index (χ4v) is 6.90. The first kappa shape index (κ1) is 27.9. The molecule has 0 amide bonds. The van der Waals surface area contributed by atoms with Gasteiger partial charge in [-0.25, -0.2) is 9.97 Å². The van der Waals surface area contributed by atoms with Crippen molar-refractivity contribution in [2.24, 2.45) is 0 Å². The summed E-state index contributed by atoms with van der Waals surface area (Å²) < 4.78 is 0. The molecular weight excluding hydrogens is 556 g/mol. The highest BCUT2D eigenvalue weighted by atomic mass is 14.9. The molecule has 0 unspecified atom stereocenters. The van der Waals surface area contributed by atoms with Gasteiger partial charge in [-0.05, 0) is 63.1 Å². The first-order valence-corrected chi connectivity index (χ1v) is 16.0. The summed E-state index contributed by atoms with van der Waals surface area (Å²) in [4.78, 5) is 10.0.